The van der Waals surface area contributed by atoms with Crippen LogP contribution in [0, 0.1) is 5.82 Å². The van der Waals surface area contributed by atoms with E-state index in [9.17, 15) is 18.8 Å². The molecule has 0 fully saturated rings. The van der Waals surface area contributed by atoms with Crippen LogP contribution in [0.15, 0.2) is 60.7 Å². The molecule has 3 aromatic rings. The first-order valence-electron chi connectivity index (χ1n) is 8.91. The van der Waals surface area contributed by atoms with Gasteiger partial charge in [0, 0.05) is 19.0 Å². The number of halogens is 1. The van der Waals surface area contributed by atoms with Gasteiger partial charge in [0.2, 0.25) is 5.91 Å². The van der Waals surface area contributed by atoms with Gasteiger partial charge < -0.3 is 15.4 Å². The third kappa shape index (κ3) is 5.16. The van der Waals surface area contributed by atoms with Crippen molar-refractivity contribution in [2.75, 3.05) is 11.9 Å². The summed E-state index contributed by atoms with van der Waals surface area (Å²) in [6.07, 6.45) is 0. The van der Waals surface area contributed by atoms with E-state index in [1.165, 1.54) is 13.0 Å². The maximum absolute atomic E-state index is 13.6. The fraction of sp³-hybridized carbons (Fsp3) is 0.136. The number of benzene rings is 3. The molecular formula is C22H19FN2O4. The van der Waals surface area contributed by atoms with Gasteiger partial charge in [0.1, 0.15) is 5.82 Å². The molecule has 2 N–H and O–H groups in total. The maximum atomic E-state index is 13.6. The topological polar surface area (TPSA) is 84.5 Å². The van der Waals surface area contributed by atoms with Gasteiger partial charge in [-0.05, 0) is 29.0 Å². The number of carbonyl (C=O) groups is 3. The Bertz CT molecular complexity index is 1080. The standard InChI is InChI=1S/C22H19FN2O4/c1-14(26)25-20-11-16-7-3-2-6-15(16)10-18(20)22(28)29-13-21(27)24-12-17-8-4-5-9-19(17)23/h2-11H,12-13H2,1H3,(H,24,27)(H,25,26). The van der Waals surface area contributed by atoms with Crippen LogP contribution >= 0.6 is 0 Å². The normalized spacial score (nSPS) is 10.4. The lowest BCUT2D eigenvalue weighted by molar-refractivity contribution is -0.124. The third-order valence-electron chi connectivity index (χ3n) is 4.18. The Hall–Kier alpha value is -3.74. The Morgan fingerprint density at radius 3 is 2.31 bits per heavy atom. The van der Waals surface area contributed by atoms with E-state index >= 15 is 0 Å². The summed E-state index contributed by atoms with van der Waals surface area (Å²) in [4.78, 5) is 35.9. The predicted molar refractivity (Wildman–Crippen MR) is 107 cm³/mol. The molecule has 3 aromatic carbocycles. The molecule has 0 saturated carbocycles. The predicted octanol–water partition coefficient (Wildman–Crippen LogP) is 3.41. The van der Waals surface area contributed by atoms with Crippen molar-refractivity contribution in [3.8, 4) is 0 Å². The number of esters is 1. The van der Waals surface area contributed by atoms with Crippen molar-refractivity contribution in [2.24, 2.45) is 0 Å². The summed E-state index contributed by atoms with van der Waals surface area (Å²) in [6, 6.07) is 16.7. The summed E-state index contributed by atoms with van der Waals surface area (Å²) in [7, 11) is 0. The highest BCUT2D eigenvalue weighted by Crippen LogP contribution is 2.25. The van der Waals surface area contributed by atoms with E-state index in [4.69, 9.17) is 4.74 Å². The molecular weight excluding hydrogens is 375 g/mol. The molecule has 0 aliphatic heterocycles. The van der Waals surface area contributed by atoms with Gasteiger partial charge >= 0.3 is 5.97 Å². The zero-order valence-corrected chi connectivity index (χ0v) is 15.7. The average Bonchev–Trinajstić information content (AvgIpc) is 2.70. The Balaban J connectivity index is 1.68. The van der Waals surface area contributed by atoms with Crippen molar-refractivity contribution in [1.29, 1.82) is 0 Å². The fourth-order valence-electron chi connectivity index (χ4n) is 2.80. The van der Waals surface area contributed by atoms with Crippen LogP contribution in [0.2, 0.25) is 0 Å². The quantitative estimate of drug-likeness (QED) is 0.628. The van der Waals surface area contributed by atoms with E-state index in [0.29, 0.717) is 11.3 Å². The van der Waals surface area contributed by atoms with E-state index in [1.807, 2.05) is 24.3 Å². The monoisotopic (exact) mass is 394 g/mol. The van der Waals surface area contributed by atoms with Crippen LogP contribution in [0.3, 0.4) is 0 Å². The van der Waals surface area contributed by atoms with Gasteiger partial charge in [-0.25, -0.2) is 9.18 Å². The van der Waals surface area contributed by atoms with Crippen molar-refractivity contribution in [3.05, 3.63) is 77.6 Å². The minimum atomic E-state index is -0.749. The molecule has 0 aromatic heterocycles. The molecule has 3 rings (SSSR count). The summed E-state index contributed by atoms with van der Waals surface area (Å²) in [5, 5.41) is 6.73. The zero-order valence-electron chi connectivity index (χ0n) is 15.7. The molecule has 29 heavy (non-hydrogen) atoms. The first-order chi connectivity index (χ1) is 13.9. The maximum Gasteiger partial charge on any atom is 0.340 e. The van der Waals surface area contributed by atoms with Crippen molar-refractivity contribution in [1.82, 2.24) is 5.32 Å². The molecule has 0 aliphatic carbocycles. The van der Waals surface area contributed by atoms with Gasteiger partial charge in [-0.2, -0.15) is 0 Å². The number of nitrogens with one attached hydrogen (secondary N) is 2. The van der Waals surface area contributed by atoms with Crippen molar-refractivity contribution < 1.29 is 23.5 Å². The van der Waals surface area contributed by atoms with E-state index in [1.54, 1.807) is 30.3 Å². The van der Waals surface area contributed by atoms with Crippen molar-refractivity contribution in [2.45, 2.75) is 13.5 Å². The summed E-state index contributed by atoms with van der Waals surface area (Å²) in [6.45, 7) is 0.788. The largest absolute Gasteiger partial charge is 0.452 e. The van der Waals surface area contributed by atoms with E-state index in [0.717, 1.165) is 10.8 Å². The first-order valence-corrected chi connectivity index (χ1v) is 8.91. The van der Waals surface area contributed by atoms with Crippen molar-refractivity contribution in [3.63, 3.8) is 0 Å². The number of ether oxygens (including phenoxy) is 1. The highest BCUT2D eigenvalue weighted by Gasteiger charge is 2.17. The number of rotatable bonds is 6. The van der Waals surface area contributed by atoms with Crippen LogP contribution < -0.4 is 10.6 Å². The minimum absolute atomic E-state index is 0.0177. The second-order valence-corrected chi connectivity index (χ2v) is 6.37. The molecule has 6 nitrogen and oxygen atoms in total. The first kappa shape index (κ1) is 20.0. The molecule has 0 heterocycles. The summed E-state index contributed by atoms with van der Waals surface area (Å²) in [5.41, 5.74) is 0.767. The van der Waals surface area contributed by atoms with Gasteiger partial charge in [-0.15, -0.1) is 0 Å². The lowest BCUT2D eigenvalue weighted by Crippen LogP contribution is -2.28. The highest BCUT2D eigenvalue weighted by atomic mass is 19.1. The lowest BCUT2D eigenvalue weighted by atomic mass is 10.0. The second kappa shape index (κ2) is 8.97. The number of hydrogen-bond acceptors (Lipinski definition) is 4. The van der Waals surface area contributed by atoms with E-state index in [-0.39, 0.29) is 18.0 Å². The van der Waals surface area contributed by atoms with Gasteiger partial charge in [0.05, 0.1) is 11.3 Å². The van der Waals surface area contributed by atoms with Crippen LogP contribution in [-0.2, 0) is 20.9 Å². The molecule has 2 amide bonds. The van der Waals surface area contributed by atoms with Gasteiger partial charge in [-0.1, -0.05) is 42.5 Å². The molecule has 0 bridgehead atoms. The molecule has 148 valence electrons. The number of hydrogen-bond donors (Lipinski definition) is 2. The second-order valence-electron chi connectivity index (χ2n) is 6.37. The van der Waals surface area contributed by atoms with Gasteiger partial charge in [-0.3, -0.25) is 9.59 Å². The Kier molecular flexibility index (Phi) is 6.19. The van der Waals surface area contributed by atoms with Crippen LogP contribution in [-0.4, -0.2) is 24.4 Å². The molecule has 0 atom stereocenters. The van der Waals surface area contributed by atoms with Crippen molar-refractivity contribution >= 4 is 34.2 Å². The minimum Gasteiger partial charge on any atom is -0.452 e. The summed E-state index contributed by atoms with van der Waals surface area (Å²) >= 11 is 0. The van der Waals surface area contributed by atoms with Gasteiger partial charge in [0.15, 0.2) is 6.61 Å². The fourth-order valence-corrected chi connectivity index (χ4v) is 2.80. The molecule has 7 heteroatoms. The lowest BCUT2D eigenvalue weighted by Gasteiger charge is -2.12. The van der Waals surface area contributed by atoms with E-state index < -0.39 is 24.3 Å². The molecule has 0 radical (unpaired) electrons. The van der Waals surface area contributed by atoms with Crippen LogP contribution in [0.4, 0.5) is 10.1 Å². The SMILES string of the molecule is CC(=O)Nc1cc2ccccc2cc1C(=O)OCC(=O)NCc1ccccc1F. The average molecular weight is 394 g/mol. The van der Waals surface area contributed by atoms with Crippen LogP contribution in [0.25, 0.3) is 10.8 Å². The molecule has 0 unspecified atom stereocenters. The van der Waals surface area contributed by atoms with E-state index in [2.05, 4.69) is 10.6 Å². The Morgan fingerprint density at radius 1 is 0.966 bits per heavy atom. The smallest absolute Gasteiger partial charge is 0.340 e. The number of fused-ring (bicyclic) bond motifs is 1. The summed E-state index contributed by atoms with van der Waals surface area (Å²) < 4.78 is 18.7. The number of anilines is 1. The van der Waals surface area contributed by atoms with Crippen LogP contribution in [0.5, 0.6) is 0 Å². The molecule has 0 spiro atoms. The highest BCUT2D eigenvalue weighted by molar-refractivity contribution is 6.05. The Morgan fingerprint density at radius 2 is 1.62 bits per heavy atom. The number of amides is 2. The number of carbonyl (C=O) groups excluding carboxylic acids is 3. The van der Waals surface area contributed by atoms with Gasteiger partial charge in [0.25, 0.3) is 5.91 Å². The molecule has 0 aliphatic rings. The molecule has 0 saturated heterocycles. The third-order valence-corrected chi connectivity index (χ3v) is 4.18. The Labute approximate surface area is 166 Å². The zero-order chi connectivity index (χ0) is 20.8. The summed E-state index contributed by atoms with van der Waals surface area (Å²) in [5.74, 6) is -2.08. The van der Waals surface area contributed by atoms with Crippen LogP contribution in [0.1, 0.15) is 22.8 Å².